The first-order valence-electron chi connectivity index (χ1n) is 14.2. The van der Waals surface area contributed by atoms with Gasteiger partial charge in [0.25, 0.3) is 5.91 Å². The fraction of sp³-hybridized carbons (Fsp3) is 0.135. The van der Waals surface area contributed by atoms with Crippen LogP contribution in [0.4, 0.5) is 5.69 Å². The fourth-order valence-corrected chi connectivity index (χ4v) is 4.81. The minimum Gasteiger partial charge on any atom is -0.490 e. The van der Waals surface area contributed by atoms with Gasteiger partial charge >= 0.3 is 0 Å². The van der Waals surface area contributed by atoms with E-state index in [4.69, 9.17) is 25.8 Å². The summed E-state index contributed by atoms with van der Waals surface area (Å²) in [5.41, 5.74) is 4.38. The maximum absolute atomic E-state index is 12.9. The lowest BCUT2D eigenvalue weighted by atomic mass is 10.0. The van der Waals surface area contributed by atoms with E-state index in [0.717, 1.165) is 27.5 Å². The number of nitrogens with zero attached hydrogens (tertiary/aromatic N) is 1. The topological polar surface area (TPSA) is 80.6 Å². The van der Waals surface area contributed by atoms with E-state index in [-0.39, 0.29) is 5.57 Å². The van der Waals surface area contributed by atoms with E-state index in [9.17, 15) is 10.1 Å². The summed E-state index contributed by atoms with van der Waals surface area (Å²) in [4.78, 5) is 12.9. The number of ether oxygens (including phenoxy) is 3. The van der Waals surface area contributed by atoms with Crippen LogP contribution in [0.15, 0.2) is 109 Å². The molecule has 5 aromatic carbocycles. The lowest BCUT2D eigenvalue weighted by Gasteiger charge is -2.15. The molecule has 44 heavy (non-hydrogen) atoms. The van der Waals surface area contributed by atoms with Crippen molar-refractivity contribution in [2.24, 2.45) is 0 Å². The molecule has 0 aliphatic carbocycles. The molecule has 0 saturated heterocycles. The summed E-state index contributed by atoms with van der Waals surface area (Å²) in [5.74, 6) is 1.24. The Morgan fingerprint density at radius 3 is 2.39 bits per heavy atom. The van der Waals surface area contributed by atoms with Crippen LogP contribution in [-0.4, -0.2) is 12.5 Å². The van der Waals surface area contributed by atoms with Gasteiger partial charge in [0.05, 0.1) is 6.61 Å². The molecule has 0 aromatic heterocycles. The quantitative estimate of drug-likeness (QED) is 0.121. The number of hydrogen-bond donors (Lipinski definition) is 1. The molecule has 0 spiro atoms. The van der Waals surface area contributed by atoms with Gasteiger partial charge in [-0.1, -0.05) is 66.2 Å². The van der Waals surface area contributed by atoms with Crippen molar-refractivity contribution in [3.05, 3.63) is 136 Å². The van der Waals surface area contributed by atoms with Crippen LogP contribution in [0.25, 0.3) is 16.8 Å². The summed E-state index contributed by atoms with van der Waals surface area (Å²) in [7, 11) is 0. The van der Waals surface area contributed by atoms with E-state index in [1.54, 1.807) is 42.5 Å². The number of anilines is 1. The molecule has 6 nitrogen and oxygen atoms in total. The number of nitrogens with one attached hydrogen (secondary N) is 1. The van der Waals surface area contributed by atoms with Crippen LogP contribution in [0.2, 0.25) is 5.02 Å². The maximum atomic E-state index is 12.9. The fourth-order valence-electron chi connectivity index (χ4n) is 4.68. The number of aryl methyl sites for hydroxylation is 1. The van der Waals surface area contributed by atoms with E-state index >= 15 is 0 Å². The SMILES string of the molecule is CCOc1cc(/C=C(\C#N)C(=O)Nc2ccc(OCc3ccc(Cl)cc3)cc2)ccc1OCc1c(C)ccc2ccccc12. The average molecular weight is 603 g/mol. The molecule has 0 fully saturated rings. The van der Waals surface area contributed by atoms with E-state index in [2.05, 4.69) is 36.5 Å². The zero-order valence-electron chi connectivity index (χ0n) is 24.5. The minimum absolute atomic E-state index is 0.0458. The third kappa shape index (κ3) is 7.57. The first-order valence-corrected chi connectivity index (χ1v) is 14.6. The van der Waals surface area contributed by atoms with Crippen LogP contribution in [0.1, 0.15) is 29.2 Å². The number of amides is 1. The Bertz CT molecular complexity index is 1840. The number of fused-ring (bicyclic) bond motifs is 1. The van der Waals surface area contributed by atoms with Crippen molar-refractivity contribution < 1.29 is 19.0 Å². The van der Waals surface area contributed by atoms with Gasteiger partial charge in [-0.2, -0.15) is 5.26 Å². The molecular formula is C37H31ClN2O4. The number of benzene rings is 5. The minimum atomic E-state index is -0.521. The molecule has 0 atom stereocenters. The molecule has 0 bridgehead atoms. The van der Waals surface area contributed by atoms with Crippen LogP contribution in [0.5, 0.6) is 17.2 Å². The summed E-state index contributed by atoms with van der Waals surface area (Å²) in [6, 6.07) is 34.2. The Labute approximate surface area is 262 Å². The Morgan fingerprint density at radius 1 is 0.864 bits per heavy atom. The van der Waals surface area contributed by atoms with E-state index in [0.29, 0.717) is 53.3 Å². The van der Waals surface area contributed by atoms with Crippen LogP contribution in [0, 0.1) is 18.3 Å². The maximum Gasteiger partial charge on any atom is 0.266 e. The highest BCUT2D eigenvalue weighted by atomic mass is 35.5. The molecule has 0 saturated carbocycles. The van der Waals surface area contributed by atoms with Gasteiger partial charge in [-0.3, -0.25) is 4.79 Å². The number of carbonyl (C=O) groups excluding carboxylic acids is 1. The molecule has 0 radical (unpaired) electrons. The van der Waals surface area contributed by atoms with Crippen molar-refractivity contribution in [3.8, 4) is 23.3 Å². The molecule has 220 valence electrons. The largest absolute Gasteiger partial charge is 0.490 e. The molecule has 0 aliphatic rings. The van der Waals surface area contributed by atoms with Gasteiger partial charge in [0.2, 0.25) is 0 Å². The third-order valence-electron chi connectivity index (χ3n) is 7.02. The second kappa shape index (κ2) is 14.3. The zero-order chi connectivity index (χ0) is 30.9. The van der Waals surface area contributed by atoms with Crippen LogP contribution in [0.3, 0.4) is 0 Å². The zero-order valence-corrected chi connectivity index (χ0v) is 25.2. The monoisotopic (exact) mass is 602 g/mol. The molecule has 1 amide bonds. The van der Waals surface area contributed by atoms with Crippen molar-refractivity contribution in [2.75, 3.05) is 11.9 Å². The predicted molar refractivity (Wildman–Crippen MR) is 175 cm³/mol. The first kappa shape index (κ1) is 30.2. The normalized spacial score (nSPS) is 11.1. The van der Waals surface area contributed by atoms with Gasteiger partial charge in [-0.15, -0.1) is 0 Å². The number of hydrogen-bond acceptors (Lipinski definition) is 5. The van der Waals surface area contributed by atoms with Crippen molar-refractivity contribution in [3.63, 3.8) is 0 Å². The molecule has 0 heterocycles. The van der Waals surface area contributed by atoms with Gasteiger partial charge in [-0.05, 0) is 95.9 Å². The number of halogens is 1. The van der Waals surface area contributed by atoms with E-state index in [1.807, 2.05) is 49.4 Å². The summed E-state index contributed by atoms with van der Waals surface area (Å²) in [6.45, 7) is 5.16. The average Bonchev–Trinajstić information content (AvgIpc) is 3.04. The lowest BCUT2D eigenvalue weighted by molar-refractivity contribution is -0.112. The molecule has 0 aliphatic heterocycles. The molecule has 5 rings (SSSR count). The highest BCUT2D eigenvalue weighted by Gasteiger charge is 2.13. The van der Waals surface area contributed by atoms with Crippen molar-refractivity contribution >= 4 is 40.0 Å². The summed E-state index contributed by atoms with van der Waals surface area (Å²) in [6.07, 6.45) is 1.53. The number of nitriles is 1. The third-order valence-corrected chi connectivity index (χ3v) is 7.27. The smallest absolute Gasteiger partial charge is 0.266 e. The molecule has 0 unspecified atom stereocenters. The predicted octanol–water partition coefficient (Wildman–Crippen LogP) is 8.90. The van der Waals surface area contributed by atoms with Crippen molar-refractivity contribution in [2.45, 2.75) is 27.1 Å². The highest BCUT2D eigenvalue weighted by molar-refractivity contribution is 6.30. The van der Waals surface area contributed by atoms with E-state index < -0.39 is 5.91 Å². The van der Waals surface area contributed by atoms with Crippen molar-refractivity contribution in [1.82, 2.24) is 0 Å². The van der Waals surface area contributed by atoms with Crippen LogP contribution < -0.4 is 19.5 Å². The molecule has 1 N–H and O–H groups in total. The second-order valence-corrected chi connectivity index (χ2v) is 10.5. The Morgan fingerprint density at radius 2 is 1.64 bits per heavy atom. The summed E-state index contributed by atoms with van der Waals surface area (Å²) >= 11 is 5.93. The highest BCUT2D eigenvalue weighted by Crippen LogP contribution is 2.32. The first-order chi connectivity index (χ1) is 21.4. The molecule has 5 aromatic rings. The van der Waals surface area contributed by atoms with Gasteiger partial charge in [0, 0.05) is 16.3 Å². The van der Waals surface area contributed by atoms with Gasteiger partial charge in [-0.25, -0.2) is 0 Å². The number of carbonyl (C=O) groups is 1. The Balaban J connectivity index is 1.25. The summed E-state index contributed by atoms with van der Waals surface area (Å²) in [5, 5.41) is 15.5. The van der Waals surface area contributed by atoms with Gasteiger partial charge < -0.3 is 19.5 Å². The lowest BCUT2D eigenvalue weighted by Crippen LogP contribution is -2.13. The second-order valence-electron chi connectivity index (χ2n) is 10.1. The van der Waals surface area contributed by atoms with Crippen molar-refractivity contribution in [1.29, 1.82) is 5.26 Å². The Hall–Kier alpha value is -5.25. The molecular weight excluding hydrogens is 572 g/mol. The van der Waals surface area contributed by atoms with Crippen LogP contribution >= 0.6 is 11.6 Å². The van der Waals surface area contributed by atoms with E-state index in [1.165, 1.54) is 6.08 Å². The number of rotatable bonds is 11. The molecule has 7 heteroatoms. The van der Waals surface area contributed by atoms with Gasteiger partial charge in [0.15, 0.2) is 11.5 Å². The van der Waals surface area contributed by atoms with Crippen LogP contribution in [-0.2, 0) is 18.0 Å². The standard InChI is InChI=1S/C37H31ClN2O4/c1-3-42-36-21-27(11-19-35(36)44-24-34-25(2)8-12-28-6-4-5-7-33(28)34)20-29(22-39)37(41)40-31-15-17-32(18-16-31)43-23-26-9-13-30(38)14-10-26/h4-21H,3,23-24H2,1-2H3,(H,40,41)/b29-20+. The summed E-state index contributed by atoms with van der Waals surface area (Å²) < 4.78 is 17.9. The van der Waals surface area contributed by atoms with Gasteiger partial charge in [0.1, 0.15) is 30.6 Å². The Kier molecular flexibility index (Phi) is 9.81.